The van der Waals surface area contributed by atoms with Gasteiger partial charge in [-0.05, 0) is 12.1 Å². The summed E-state index contributed by atoms with van der Waals surface area (Å²) in [5.74, 6) is -0.438. The zero-order chi connectivity index (χ0) is 9.68. The number of hydrogen-bond acceptors (Lipinski definition) is 4. The lowest BCUT2D eigenvalue weighted by molar-refractivity contribution is 0.0893. The average molecular weight is 184 g/mol. The Morgan fingerprint density at radius 2 is 2.23 bits per heavy atom. The van der Waals surface area contributed by atoms with E-state index in [4.69, 9.17) is 4.42 Å². The minimum absolute atomic E-state index is 0.108. The smallest absolute Gasteiger partial charge is 0.425 e. The minimum atomic E-state index is -0.750. The Bertz CT molecular complexity index is 293. The van der Waals surface area contributed by atoms with Crippen molar-refractivity contribution in [3.8, 4) is 0 Å². The molecule has 1 rings (SSSR count). The Labute approximate surface area is 73.8 Å². The number of methoxy groups -OCH3 is 1. The summed E-state index contributed by atoms with van der Waals surface area (Å²) in [4.78, 5) is 21.6. The van der Waals surface area contributed by atoms with Crippen molar-refractivity contribution in [3.05, 3.63) is 24.2 Å². The third-order valence-electron chi connectivity index (χ3n) is 1.21. The van der Waals surface area contributed by atoms with Crippen molar-refractivity contribution in [3.63, 3.8) is 0 Å². The van der Waals surface area contributed by atoms with E-state index in [1.165, 1.54) is 19.4 Å². The van der Waals surface area contributed by atoms with Gasteiger partial charge in [-0.1, -0.05) is 0 Å². The van der Waals surface area contributed by atoms with Crippen LogP contribution >= 0.6 is 0 Å². The highest BCUT2D eigenvalue weighted by Crippen LogP contribution is 1.97. The van der Waals surface area contributed by atoms with E-state index in [-0.39, 0.29) is 5.76 Å². The molecule has 0 saturated heterocycles. The van der Waals surface area contributed by atoms with Crippen molar-refractivity contribution in [1.82, 2.24) is 10.9 Å². The van der Waals surface area contributed by atoms with Crippen LogP contribution in [0.15, 0.2) is 22.8 Å². The van der Waals surface area contributed by atoms with Crippen LogP contribution in [-0.4, -0.2) is 19.1 Å². The summed E-state index contributed by atoms with van der Waals surface area (Å²) in [5.41, 5.74) is 4.08. The third kappa shape index (κ3) is 2.51. The number of rotatable bonds is 1. The van der Waals surface area contributed by atoms with E-state index in [0.717, 1.165) is 0 Å². The molecule has 1 aromatic rings. The molecule has 0 aliphatic carbocycles. The van der Waals surface area contributed by atoms with E-state index in [0.29, 0.717) is 0 Å². The molecule has 13 heavy (non-hydrogen) atoms. The van der Waals surface area contributed by atoms with Gasteiger partial charge in [0.25, 0.3) is 0 Å². The fourth-order valence-corrected chi connectivity index (χ4v) is 0.628. The standard InChI is InChI=1S/C7H8N2O4/c1-12-7(11)9-8-6(10)5-3-2-4-13-5/h2-4H,1H3,(H,8,10)(H,9,11). The highest BCUT2D eigenvalue weighted by Gasteiger charge is 2.08. The van der Waals surface area contributed by atoms with Crippen LogP contribution in [-0.2, 0) is 4.74 Å². The molecule has 70 valence electrons. The lowest BCUT2D eigenvalue weighted by atomic mass is 10.4. The zero-order valence-corrected chi connectivity index (χ0v) is 6.87. The van der Waals surface area contributed by atoms with Crippen LogP contribution in [0.3, 0.4) is 0 Å². The number of ether oxygens (including phenoxy) is 1. The molecule has 1 aromatic heterocycles. The summed E-state index contributed by atoms with van der Waals surface area (Å²) in [5, 5.41) is 0. The molecular formula is C7H8N2O4. The highest BCUT2D eigenvalue weighted by molar-refractivity contribution is 5.92. The Balaban J connectivity index is 2.39. The van der Waals surface area contributed by atoms with Crippen molar-refractivity contribution in [2.75, 3.05) is 7.11 Å². The molecule has 6 heteroatoms. The van der Waals surface area contributed by atoms with Gasteiger partial charge in [-0.15, -0.1) is 0 Å². The Hall–Kier alpha value is -1.98. The first-order valence-corrected chi connectivity index (χ1v) is 3.42. The van der Waals surface area contributed by atoms with Gasteiger partial charge in [0.05, 0.1) is 13.4 Å². The summed E-state index contributed by atoms with van der Waals surface area (Å²) in [6.45, 7) is 0. The zero-order valence-electron chi connectivity index (χ0n) is 6.87. The quantitative estimate of drug-likeness (QED) is 0.614. The molecule has 0 saturated carbocycles. The van der Waals surface area contributed by atoms with Gasteiger partial charge in [0, 0.05) is 0 Å². The minimum Gasteiger partial charge on any atom is -0.459 e. The largest absolute Gasteiger partial charge is 0.459 e. The second-order valence-corrected chi connectivity index (χ2v) is 2.05. The summed E-state index contributed by atoms with van der Waals surface area (Å²) in [6, 6.07) is 3.03. The van der Waals surface area contributed by atoms with Crippen molar-refractivity contribution in [1.29, 1.82) is 0 Å². The number of hydrazine groups is 1. The maximum atomic E-state index is 11.1. The molecule has 0 radical (unpaired) electrons. The van der Waals surface area contributed by atoms with Crippen LogP contribution in [0.1, 0.15) is 10.6 Å². The Morgan fingerprint density at radius 1 is 1.46 bits per heavy atom. The van der Waals surface area contributed by atoms with E-state index in [1.807, 2.05) is 5.43 Å². The van der Waals surface area contributed by atoms with Gasteiger partial charge in [-0.2, -0.15) is 0 Å². The maximum Gasteiger partial charge on any atom is 0.425 e. The Morgan fingerprint density at radius 3 is 2.77 bits per heavy atom. The van der Waals surface area contributed by atoms with Crippen LogP contribution < -0.4 is 10.9 Å². The van der Waals surface area contributed by atoms with Gasteiger partial charge in [-0.3, -0.25) is 10.2 Å². The van der Waals surface area contributed by atoms with Crippen molar-refractivity contribution >= 4 is 12.0 Å². The fourth-order valence-electron chi connectivity index (χ4n) is 0.628. The first kappa shape index (κ1) is 9.11. The number of amides is 2. The topological polar surface area (TPSA) is 80.6 Å². The third-order valence-corrected chi connectivity index (χ3v) is 1.21. The number of carbonyl (C=O) groups is 2. The summed E-state index contributed by atoms with van der Waals surface area (Å²) in [6.07, 6.45) is 0.604. The van der Waals surface area contributed by atoms with Crippen LogP contribution in [0.2, 0.25) is 0 Å². The molecule has 1 heterocycles. The van der Waals surface area contributed by atoms with Crippen molar-refractivity contribution in [2.45, 2.75) is 0 Å². The van der Waals surface area contributed by atoms with E-state index in [9.17, 15) is 9.59 Å². The van der Waals surface area contributed by atoms with Gasteiger partial charge in [-0.25, -0.2) is 10.2 Å². The average Bonchev–Trinajstić information content (AvgIpc) is 2.66. The molecule has 0 aliphatic rings. The van der Waals surface area contributed by atoms with Gasteiger partial charge in [0.1, 0.15) is 0 Å². The lowest BCUT2D eigenvalue weighted by Gasteiger charge is -2.02. The lowest BCUT2D eigenvalue weighted by Crippen LogP contribution is -2.41. The summed E-state index contributed by atoms with van der Waals surface area (Å²) in [7, 11) is 1.19. The predicted octanol–water partition coefficient (Wildman–Crippen LogP) is 0.280. The molecule has 0 atom stereocenters. The van der Waals surface area contributed by atoms with Gasteiger partial charge in [0.2, 0.25) is 0 Å². The molecule has 0 aromatic carbocycles. The molecule has 0 bridgehead atoms. The number of carbonyl (C=O) groups excluding carboxylic acids is 2. The van der Waals surface area contributed by atoms with Crippen LogP contribution in [0, 0.1) is 0 Å². The molecule has 0 spiro atoms. The van der Waals surface area contributed by atoms with E-state index < -0.39 is 12.0 Å². The van der Waals surface area contributed by atoms with Crippen LogP contribution in [0.25, 0.3) is 0 Å². The fraction of sp³-hybridized carbons (Fsp3) is 0.143. The van der Waals surface area contributed by atoms with E-state index in [1.54, 1.807) is 6.07 Å². The molecule has 0 aliphatic heterocycles. The van der Waals surface area contributed by atoms with E-state index >= 15 is 0 Å². The monoisotopic (exact) mass is 184 g/mol. The van der Waals surface area contributed by atoms with Crippen molar-refractivity contribution in [2.24, 2.45) is 0 Å². The van der Waals surface area contributed by atoms with E-state index in [2.05, 4.69) is 10.2 Å². The van der Waals surface area contributed by atoms with Crippen molar-refractivity contribution < 1.29 is 18.7 Å². The summed E-state index contributed by atoms with van der Waals surface area (Å²) >= 11 is 0. The number of hydrogen-bond donors (Lipinski definition) is 2. The first-order valence-electron chi connectivity index (χ1n) is 3.42. The first-order chi connectivity index (χ1) is 6.24. The second-order valence-electron chi connectivity index (χ2n) is 2.05. The molecule has 2 N–H and O–H groups in total. The molecule has 0 fully saturated rings. The highest BCUT2D eigenvalue weighted by atomic mass is 16.5. The van der Waals surface area contributed by atoms with Crippen LogP contribution in [0.5, 0.6) is 0 Å². The molecule has 2 amide bonds. The molecule has 0 unspecified atom stereocenters. The summed E-state index contributed by atoms with van der Waals surface area (Å²) < 4.78 is 8.98. The van der Waals surface area contributed by atoms with Gasteiger partial charge >= 0.3 is 12.0 Å². The second kappa shape index (κ2) is 4.15. The number of furan rings is 1. The predicted molar refractivity (Wildman–Crippen MR) is 41.7 cm³/mol. The van der Waals surface area contributed by atoms with Crippen LogP contribution in [0.4, 0.5) is 4.79 Å². The molecule has 6 nitrogen and oxygen atoms in total. The SMILES string of the molecule is COC(=O)NNC(=O)c1ccco1. The van der Waals surface area contributed by atoms with Gasteiger partial charge in [0.15, 0.2) is 5.76 Å². The molecular weight excluding hydrogens is 176 g/mol. The van der Waals surface area contributed by atoms with Gasteiger partial charge < -0.3 is 9.15 Å². The Kier molecular flexibility index (Phi) is 2.91. The maximum absolute atomic E-state index is 11.1. The number of nitrogens with one attached hydrogen (secondary N) is 2. The normalized spacial score (nSPS) is 9.00.